The van der Waals surface area contributed by atoms with Crippen LogP contribution in [0.3, 0.4) is 0 Å². The molecule has 4 rings (SSSR count). The highest BCUT2D eigenvalue weighted by Gasteiger charge is 2.21. The molecule has 1 aliphatic heterocycles. The van der Waals surface area contributed by atoms with Gasteiger partial charge in [-0.15, -0.1) is 0 Å². The number of rotatable bonds is 8. The molecule has 0 N–H and O–H groups in total. The number of aromatic nitrogens is 4. The van der Waals surface area contributed by atoms with E-state index in [9.17, 15) is 4.79 Å². The Morgan fingerprint density at radius 3 is 2.40 bits per heavy atom. The molecule has 30 heavy (non-hydrogen) atoms. The van der Waals surface area contributed by atoms with Gasteiger partial charge < -0.3 is 4.90 Å². The van der Waals surface area contributed by atoms with E-state index in [1.165, 1.54) is 17.5 Å². The van der Waals surface area contributed by atoms with Crippen molar-refractivity contribution in [2.75, 3.05) is 37.6 Å². The number of piperazine rings is 1. The monoisotopic (exact) mass is 426 g/mol. The molecule has 0 radical (unpaired) electrons. The van der Waals surface area contributed by atoms with Gasteiger partial charge in [0.15, 0.2) is 0 Å². The van der Waals surface area contributed by atoms with E-state index in [0.717, 1.165) is 51.4 Å². The molecule has 0 spiro atoms. The van der Waals surface area contributed by atoms with Crippen LogP contribution in [0.1, 0.15) is 19.3 Å². The van der Waals surface area contributed by atoms with Crippen LogP contribution in [0.15, 0.2) is 59.8 Å². The summed E-state index contributed by atoms with van der Waals surface area (Å²) in [5, 5.41) is 8.83. The van der Waals surface area contributed by atoms with Crippen LogP contribution in [0, 0.1) is 0 Å². The predicted octanol–water partition coefficient (Wildman–Crippen LogP) is 3.07. The summed E-state index contributed by atoms with van der Waals surface area (Å²) in [6, 6.07) is 11.3. The molecule has 1 aliphatic rings. The second-order valence-corrected chi connectivity index (χ2v) is 7.93. The molecule has 1 fully saturated rings. The molecule has 0 bridgehead atoms. The van der Waals surface area contributed by atoms with E-state index < -0.39 is 0 Å². The molecule has 0 aliphatic carbocycles. The van der Waals surface area contributed by atoms with E-state index in [1.54, 1.807) is 6.20 Å². The quantitative estimate of drug-likeness (QED) is 0.518. The van der Waals surface area contributed by atoms with Gasteiger partial charge in [-0.05, 0) is 37.6 Å². The van der Waals surface area contributed by atoms with E-state index in [-0.39, 0.29) is 10.6 Å². The Kier molecular flexibility index (Phi) is 6.81. The first-order chi connectivity index (χ1) is 14.7. The fourth-order valence-corrected chi connectivity index (χ4v) is 4.08. The van der Waals surface area contributed by atoms with Crippen LogP contribution in [-0.2, 0) is 6.54 Å². The van der Waals surface area contributed by atoms with Gasteiger partial charge in [0.2, 0.25) is 0 Å². The molecular formula is C22H27ClN6O. The number of halogens is 1. The predicted molar refractivity (Wildman–Crippen MR) is 120 cm³/mol. The second-order valence-electron chi connectivity index (χ2n) is 7.55. The SMILES string of the molecule is O=c1c(Cl)c(N2CCN(CCCCCn3cccn3)CC2)cnn1-c1ccccc1. The summed E-state index contributed by atoms with van der Waals surface area (Å²) < 4.78 is 3.34. The van der Waals surface area contributed by atoms with Crippen molar-refractivity contribution in [3.63, 3.8) is 0 Å². The van der Waals surface area contributed by atoms with Crippen molar-refractivity contribution >= 4 is 17.3 Å². The second kappa shape index (κ2) is 9.91. The third-order valence-corrected chi connectivity index (χ3v) is 5.89. The Bertz CT molecular complexity index is 981. The molecule has 0 saturated carbocycles. The molecule has 3 heterocycles. The average molecular weight is 427 g/mol. The van der Waals surface area contributed by atoms with Crippen molar-refractivity contribution in [1.29, 1.82) is 0 Å². The highest BCUT2D eigenvalue weighted by atomic mass is 35.5. The first-order valence-corrected chi connectivity index (χ1v) is 10.9. The lowest BCUT2D eigenvalue weighted by atomic mass is 10.2. The number of anilines is 1. The first-order valence-electron chi connectivity index (χ1n) is 10.5. The molecule has 0 unspecified atom stereocenters. The van der Waals surface area contributed by atoms with Gasteiger partial charge in [0.1, 0.15) is 5.02 Å². The summed E-state index contributed by atoms with van der Waals surface area (Å²) in [4.78, 5) is 17.4. The van der Waals surface area contributed by atoms with Crippen LogP contribution in [-0.4, -0.2) is 57.2 Å². The molecule has 158 valence electrons. The van der Waals surface area contributed by atoms with Crippen molar-refractivity contribution in [1.82, 2.24) is 24.5 Å². The largest absolute Gasteiger partial charge is 0.366 e. The van der Waals surface area contributed by atoms with Crippen LogP contribution in [0.2, 0.25) is 5.02 Å². The molecule has 1 saturated heterocycles. The highest BCUT2D eigenvalue weighted by molar-refractivity contribution is 6.33. The number of unbranched alkanes of at least 4 members (excludes halogenated alkanes) is 2. The van der Waals surface area contributed by atoms with Gasteiger partial charge in [0.05, 0.1) is 17.6 Å². The van der Waals surface area contributed by atoms with Crippen LogP contribution in [0.25, 0.3) is 5.69 Å². The Labute approximate surface area is 181 Å². The Balaban J connectivity index is 1.27. The molecule has 0 atom stereocenters. The summed E-state index contributed by atoms with van der Waals surface area (Å²) in [5.41, 5.74) is 1.17. The molecule has 1 aromatic carbocycles. The summed E-state index contributed by atoms with van der Waals surface area (Å²) in [6.07, 6.45) is 9.09. The summed E-state index contributed by atoms with van der Waals surface area (Å²) >= 11 is 6.44. The van der Waals surface area contributed by atoms with Crippen LogP contribution < -0.4 is 10.5 Å². The fraction of sp³-hybridized carbons (Fsp3) is 0.409. The topological polar surface area (TPSA) is 59.2 Å². The van der Waals surface area contributed by atoms with Gasteiger partial charge in [-0.2, -0.15) is 14.9 Å². The zero-order valence-corrected chi connectivity index (χ0v) is 17.8. The standard InChI is InChI=1S/C22H27ClN6O/c23-21-20(18-25-29(22(21)30)19-8-3-1-4-9-19)27-16-14-26(15-17-27)11-5-2-6-12-28-13-7-10-24-28/h1,3-4,7-10,13,18H,2,5-6,11-12,14-17H2. The van der Waals surface area contributed by atoms with Crippen molar-refractivity contribution < 1.29 is 0 Å². The summed E-state index contributed by atoms with van der Waals surface area (Å²) in [5.74, 6) is 0. The fourth-order valence-electron chi connectivity index (χ4n) is 3.83. The van der Waals surface area contributed by atoms with Crippen molar-refractivity contribution in [2.24, 2.45) is 0 Å². The molecule has 0 amide bonds. The highest BCUT2D eigenvalue weighted by Crippen LogP contribution is 2.23. The molecule has 7 nitrogen and oxygen atoms in total. The van der Waals surface area contributed by atoms with E-state index in [1.807, 2.05) is 53.5 Å². The first kappa shape index (κ1) is 20.6. The average Bonchev–Trinajstić information content (AvgIpc) is 3.30. The normalized spacial score (nSPS) is 14.9. The summed E-state index contributed by atoms with van der Waals surface area (Å²) in [7, 11) is 0. The Morgan fingerprint density at radius 1 is 0.900 bits per heavy atom. The lowest BCUT2D eigenvalue weighted by Gasteiger charge is -2.36. The van der Waals surface area contributed by atoms with E-state index in [0.29, 0.717) is 5.69 Å². The maximum absolute atomic E-state index is 12.7. The van der Waals surface area contributed by atoms with E-state index in [4.69, 9.17) is 11.6 Å². The van der Waals surface area contributed by atoms with Crippen LogP contribution >= 0.6 is 11.6 Å². The summed E-state index contributed by atoms with van der Waals surface area (Å²) in [6.45, 7) is 5.73. The Morgan fingerprint density at radius 2 is 1.67 bits per heavy atom. The zero-order valence-electron chi connectivity index (χ0n) is 17.0. The van der Waals surface area contributed by atoms with Gasteiger partial charge >= 0.3 is 0 Å². The van der Waals surface area contributed by atoms with Crippen LogP contribution in [0.5, 0.6) is 0 Å². The number of nitrogens with zero attached hydrogens (tertiary/aromatic N) is 6. The lowest BCUT2D eigenvalue weighted by Crippen LogP contribution is -2.47. The number of para-hydroxylation sites is 1. The number of hydrogen-bond donors (Lipinski definition) is 0. The zero-order chi connectivity index (χ0) is 20.8. The van der Waals surface area contributed by atoms with Crippen molar-refractivity contribution in [3.05, 3.63) is 70.4 Å². The molecule has 2 aromatic heterocycles. The third kappa shape index (κ3) is 4.91. The molecular weight excluding hydrogens is 400 g/mol. The maximum atomic E-state index is 12.7. The van der Waals surface area contributed by atoms with Crippen molar-refractivity contribution in [3.8, 4) is 5.69 Å². The number of aryl methyl sites for hydroxylation is 1. The van der Waals surface area contributed by atoms with Crippen molar-refractivity contribution in [2.45, 2.75) is 25.8 Å². The third-order valence-electron chi connectivity index (χ3n) is 5.53. The minimum atomic E-state index is -0.278. The minimum Gasteiger partial charge on any atom is -0.366 e. The van der Waals surface area contributed by atoms with Crippen LogP contribution in [0.4, 0.5) is 5.69 Å². The smallest absolute Gasteiger partial charge is 0.292 e. The van der Waals surface area contributed by atoms with E-state index in [2.05, 4.69) is 20.0 Å². The van der Waals surface area contributed by atoms with Gasteiger partial charge in [0, 0.05) is 45.1 Å². The van der Waals surface area contributed by atoms with Gasteiger partial charge in [0.25, 0.3) is 5.56 Å². The Hall–Kier alpha value is -2.64. The van der Waals surface area contributed by atoms with Gasteiger partial charge in [-0.25, -0.2) is 0 Å². The minimum absolute atomic E-state index is 0.237. The van der Waals surface area contributed by atoms with Gasteiger partial charge in [-0.1, -0.05) is 36.2 Å². The van der Waals surface area contributed by atoms with Gasteiger partial charge in [-0.3, -0.25) is 14.4 Å². The maximum Gasteiger partial charge on any atom is 0.292 e. The lowest BCUT2D eigenvalue weighted by molar-refractivity contribution is 0.251. The number of hydrogen-bond acceptors (Lipinski definition) is 5. The number of benzene rings is 1. The molecule has 8 heteroatoms. The molecule has 3 aromatic rings. The van der Waals surface area contributed by atoms with E-state index >= 15 is 0 Å².